The Bertz CT molecular complexity index is 1150. The molecule has 0 atom stereocenters. The van der Waals surface area contributed by atoms with Crippen LogP contribution in [-0.4, -0.2) is 38.2 Å². The van der Waals surface area contributed by atoms with E-state index in [9.17, 15) is 0 Å². The molecule has 0 N–H and O–H groups in total. The van der Waals surface area contributed by atoms with Crippen LogP contribution >= 0.6 is 0 Å². The van der Waals surface area contributed by atoms with Gasteiger partial charge < -0.3 is 9.80 Å². The minimum absolute atomic E-state index is 0.849. The fourth-order valence-corrected chi connectivity index (χ4v) is 3.39. The van der Waals surface area contributed by atoms with Gasteiger partial charge in [0.25, 0.3) is 0 Å². The number of benzene rings is 3. The van der Waals surface area contributed by atoms with Crippen molar-refractivity contribution in [1.82, 2.24) is 9.97 Å². The molecule has 0 aliphatic carbocycles. The first-order valence-electron chi connectivity index (χ1n) is 10.7. The van der Waals surface area contributed by atoms with Gasteiger partial charge in [0, 0.05) is 39.6 Å². The van der Waals surface area contributed by atoms with Crippen molar-refractivity contribution in [2.45, 2.75) is 0 Å². The van der Waals surface area contributed by atoms with E-state index in [-0.39, 0.29) is 0 Å². The molecular weight excluding hydrogens is 392 g/mol. The van der Waals surface area contributed by atoms with Crippen LogP contribution in [-0.2, 0) is 0 Å². The van der Waals surface area contributed by atoms with E-state index in [1.807, 2.05) is 64.6 Å². The molecule has 4 rings (SSSR count). The Balaban J connectivity index is 1.67. The van der Waals surface area contributed by atoms with Crippen LogP contribution in [0.5, 0.6) is 0 Å². The Morgan fingerprint density at radius 1 is 0.500 bits per heavy atom. The number of nitrogens with zero attached hydrogens (tertiary/aromatic N) is 4. The Hall–Kier alpha value is -3.92. The van der Waals surface area contributed by atoms with E-state index in [4.69, 9.17) is 9.97 Å². The summed E-state index contributed by atoms with van der Waals surface area (Å²) in [5.41, 5.74) is 8.08. The van der Waals surface area contributed by atoms with Crippen LogP contribution in [0.2, 0.25) is 0 Å². The molecule has 4 aromatic rings. The van der Waals surface area contributed by atoms with Crippen LogP contribution in [0.1, 0.15) is 22.5 Å². The summed E-state index contributed by atoms with van der Waals surface area (Å²) in [6.07, 6.45) is 8.25. The molecule has 3 aromatic carbocycles. The van der Waals surface area contributed by atoms with Crippen molar-refractivity contribution in [3.63, 3.8) is 0 Å². The monoisotopic (exact) mass is 420 g/mol. The van der Waals surface area contributed by atoms with Crippen molar-refractivity contribution in [3.05, 3.63) is 95.3 Å². The molecule has 1 aromatic heterocycles. The van der Waals surface area contributed by atoms with Gasteiger partial charge >= 0.3 is 0 Å². The summed E-state index contributed by atoms with van der Waals surface area (Å²) in [6.45, 7) is 0. The third-order valence-electron chi connectivity index (χ3n) is 5.31. The molecule has 0 radical (unpaired) electrons. The van der Waals surface area contributed by atoms with Crippen LogP contribution in [0.25, 0.3) is 35.3 Å². The van der Waals surface area contributed by atoms with E-state index in [1.165, 1.54) is 11.4 Å². The Morgan fingerprint density at radius 2 is 0.875 bits per heavy atom. The van der Waals surface area contributed by atoms with Crippen LogP contribution in [0.3, 0.4) is 0 Å². The smallest absolute Gasteiger partial charge is 0.0894 e. The standard InChI is InChI=1S/C28H28N4/c1-31(2)23-15-9-21(10-16-23)13-19-27-28(30-26-8-6-5-7-25(26)29-27)20-14-22-11-17-24(18-12-22)32(3)4/h5-20H,1-4H3/b19-13+,20-14+. The molecule has 160 valence electrons. The number of anilines is 2. The molecule has 0 saturated carbocycles. The second kappa shape index (κ2) is 9.48. The third kappa shape index (κ3) is 5.03. The number of rotatable bonds is 6. The van der Waals surface area contributed by atoms with Gasteiger partial charge in [-0.1, -0.05) is 48.6 Å². The molecule has 1 heterocycles. The fourth-order valence-electron chi connectivity index (χ4n) is 3.39. The lowest BCUT2D eigenvalue weighted by Gasteiger charge is -2.12. The predicted molar refractivity (Wildman–Crippen MR) is 139 cm³/mol. The highest BCUT2D eigenvalue weighted by Gasteiger charge is 2.05. The number of aromatic nitrogens is 2. The molecule has 32 heavy (non-hydrogen) atoms. The van der Waals surface area contributed by atoms with Gasteiger partial charge in [-0.3, -0.25) is 0 Å². The van der Waals surface area contributed by atoms with E-state index in [1.54, 1.807) is 0 Å². The molecule has 0 spiro atoms. The van der Waals surface area contributed by atoms with Crippen molar-refractivity contribution in [2.24, 2.45) is 0 Å². The summed E-state index contributed by atoms with van der Waals surface area (Å²) in [7, 11) is 8.18. The van der Waals surface area contributed by atoms with E-state index in [0.29, 0.717) is 0 Å². The molecule has 0 amide bonds. The molecule has 4 nitrogen and oxygen atoms in total. The highest BCUT2D eigenvalue weighted by atomic mass is 15.1. The maximum atomic E-state index is 4.87. The average molecular weight is 421 g/mol. The minimum atomic E-state index is 0.849. The molecule has 0 saturated heterocycles. The molecular formula is C28H28N4. The van der Waals surface area contributed by atoms with Gasteiger partial charge in [-0.25, -0.2) is 9.97 Å². The first kappa shape index (κ1) is 21.3. The lowest BCUT2D eigenvalue weighted by atomic mass is 10.1. The normalized spacial score (nSPS) is 11.5. The van der Waals surface area contributed by atoms with Gasteiger partial charge in [-0.15, -0.1) is 0 Å². The Labute approximate surface area is 190 Å². The van der Waals surface area contributed by atoms with Crippen molar-refractivity contribution in [1.29, 1.82) is 0 Å². The van der Waals surface area contributed by atoms with Gasteiger partial charge in [0.05, 0.1) is 22.4 Å². The molecule has 4 heteroatoms. The molecule has 0 bridgehead atoms. The second-order valence-corrected chi connectivity index (χ2v) is 8.12. The van der Waals surface area contributed by atoms with Gasteiger partial charge in [-0.05, 0) is 59.7 Å². The maximum absolute atomic E-state index is 4.87. The Kier molecular flexibility index (Phi) is 6.31. The van der Waals surface area contributed by atoms with Crippen LogP contribution < -0.4 is 9.80 Å². The molecule has 0 aliphatic rings. The van der Waals surface area contributed by atoms with E-state index < -0.39 is 0 Å². The van der Waals surface area contributed by atoms with Gasteiger partial charge in [0.1, 0.15) is 0 Å². The number of para-hydroxylation sites is 2. The summed E-state index contributed by atoms with van der Waals surface area (Å²) in [5.74, 6) is 0. The van der Waals surface area contributed by atoms with Gasteiger partial charge in [0.2, 0.25) is 0 Å². The molecule has 0 aliphatic heterocycles. The number of hydrogen-bond donors (Lipinski definition) is 0. The summed E-state index contributed by atoms with van der Waals surface area (Å²) >= 11 is 0. The first-order valence-corrected chi connectivity index (χ1v) is 10.7. The van der Waals surface area contributed by atoms with Gasteiger partial charge in [-0.2, -0.15) is 0 Å². The Morgan fingerprint density at radius 3 is 1.22 bits per heavy atom. The van der Waals surface area contributed by atoms with Crippen molar-refractivity contribution in [3.8, 4) is 0 Å². The average Bonchev–Trinajstić information content (AvgIpc) is 2.81. The summed E-state index contributed by atoms with van der Waals surface area (Å²) in [5, 5.41) is 0. The van der Waals surface area contributed by atoms with E-state index in [2.05, 4.69) is 70.5 Å². The molecule has 0 fully saturated rings. The maximum Gasteiger partial charge on any atom is 0.0894 e. The van der Waals surface area contributed by atoms with Gasteiger partial charge in [0.15, 0.2) is 0 Å². The summed E-state index contributed by atoms with van der Waals surface area (Å²) in [6, 6.07) is 24.9. The lowest BCUT2D eigenvalue weighted by Crippen LogP contribution is -2.07. The SMILES string of the molecule is CN(C)c1ccc(/C=C/c2nc3ccccc3nc2/C=C/c2ccc(N(C)C)cc2)cc1. The van der Waals surface area contributed by atoms with Crippen LogP contribution in [0, 0.1) is 0 Å². The van der Waals surface area contributed by atoms with Crippen molar-refractivity contribution in [2.75, 3.05) is 38.0 Å². The summed E-state index contributed by atoms with van der Waals surface area (Å²) < 4.78 is 0. The molecule has 0 unspecified atom stereocenters. The van der Waals surface area contributed by atoms with Crippen LogP contribution in [0.15, 0.2) is 72.8 Å². The predicted octanol–water partition coefficient (Wildman–Crippen LogP) is 6.10. The fraction of sp³-hybridized carbons (Fsp3) is 0.143. The second-order valence-electron chi connectivity index (χ2n) is 8.12. The zero-order chi connectivity index (χ0) is 22.5. The summed E-state index contributed by atoms with van der Waals surface area (Å²) in [4.78, 5) is 13.9. The van der Waals surface area contributed by atoms with E-state index >= 15 is 0 Å². The zero-order valence-electron chi connectivity index (χ0n) is 19.0. The van der Waals surface area contributed by atoms with E-state index in [0.717, 1.165) is 33.5 Å². The topological polar surface area (TPSA) is 32.3 Å². The van der Waals surface area contributed by atoms with Crippen molar-refractivity contribution < 1.29 is 0 Å². The number of fused-ring (bicyclic) bond motifs is 1. The van der Waals surface area contributed by atoms with Crippen LogP contribution in [0.4, 0.5) is 11.4 Å². The van der Waals surface area contributed by atoms with Crippen molar-refractivity contribution >= 4 is 46.7 Å². The quantitative estimate of drug-likeness (QED) is 0.377. The first-order chi connectivity index (χ1) is 15.5. The lowest BCUT2D eigenvalue weighted by molar-refractivity contribution is 1.13. The minimum Gasteiger partial charge on any atom is -0.378 e. The zero-order valence-corrected chi connectivity index (χ0v) is 19.0. The highest BCUT2D eigenvalue weighted by Crippen LogP contribution is 2.20. The highest BCUT2D eigenvalue weighted by molar-refractivity contribution is 5.83. The largest absolute Gasteiger partial charge is 0.378 e. The third-order valence-corrected chi connectivity index (χ3v) is 5.31. The number of hydrogen-bond acceptors (Lipinski definition) is 4.